The molecular weight excluding hydrogens is 326 g/mol. The SMILES string of the molecule is CCS(=O)(=O)N1CCN(C(=O)CCc2cc(F)ccc2F)CC1. The van der Waals surface area contributed by atoms with Crippen LogP contribution in [-0.4, -0.2) is 55.5 Å². The van der Waals surface area contributed by atoms with Crippen molar-refractivity contribution >= 4 is 15.9 Å². The summed E-state index contributed by atoms with van der Waals surface area (Å²) in [7, 11) is -3.23. The van der Waals surface area contributed by atoms with Crippen molar-refractivity contribution in [3.05, 3.63) is 35.4 Å². The first-order valence-electron chi connectivity index (χ1n) is 7.53. The van der Waals surface area contributed by atoms with E-state index in [4.69, 9.17) is 0 Å². The first kappa shape index (κ1) is 17.8. The summed E-state index contributed by atoms with van der Waals surface area (Å²) in [6.45, 7) is 2.78. The number of sulfonamides is 1. The Balaban J connectivity index is 1.87. The summed E-state index contributed by atoms with van der Waals surface area (Å²) in [6, 6.07) is 3.17. The molecule has 1 aromatic carbocycles. The quantitative estimate of drug-likeness (QED) is 0.810. The third-order valence-electron chi connectivity index (χ3n) is 3.97. The molecule has 128 valence electrons. The highest BCUT2D eigenvalue weighted by molar-refractivity contribution is 7.89. The molecule has 0 unspecified atom stereocenters. The van der Waals surface area contributed by atoms with E-state index in [1.54, 1.807) is 11.8 Å². The molecule has 1 aliphatic rings. The summed E-state index contributed by atoms with van der Waals surface area (Å²) in [6.07, 6.45) is 0.191. The van der Waals surface area contributed by atoms with E-state index in [0.29, 0.717) is 13.1 Å². The van der Waals surface area contributed by atoms with Crippen molar-refractivity contribution < 1.29 is 22.0 Å². The van der Waals surface area contributed by atoms with E-state index in [1.165, 1.54) is 4.31 Å². The number of hydrogen-bond donors (Lipinski definition) is 0. The molecule has 23 heavy (non-hydrogen) atoms. The van der Waals surface area contributed by atoms with E-state index in [2.05, 4.69) is 0 Å². The lowest BCUT2D eigenvalue weighted by Gasteiger charge is -2.33. The fourth-order valence-corrected chi connectivity index (χ4v) is 3.62. The predicted molar refractivity (Wildman–Crippen MR) is 82.3 cm³/mol. The smallest absolute Gasteiger partial charge is 0.222 e. The molecule has 1 aliphatic heterocycles. The average molecular weight is 346 g/mol. The van der Waals surface area contributed by atoms with Gasteiger partial charge in [0.05, 0.1) is 5.75 Å². The van der Waals surface area contributed by atoms with Crippen molar-refractivity contribution in [2.45, 2.75) is 19.8 Å². The summed E-state index contributed by atoms with van der Waals surface area (Å²) in [5.74, 6) is -1.20. The maximum atomic E-state index is 13.5. The highest BCUT2D eigenvalue weighted by Crippen LogP contribution is 2.14. The number of carbonyl (C=O) groups excluding carboxylic acids is 1. The van der Waals surface area contributed by atoms with Gasteiger partial charge in [-0.25, -0.2) is 17.2 Å². The Kier molecular flexibility index (Phi) is 5.69. The molecule has 2 rings (SSSR count). The van der Waals surface area contributed by atoms with Crippen LogP contribution >= 0.6 is 0 Å². The first-order valence-corrected chi connectivity index (χ1v) is 9.14. The molecule has 0 bridgehead atoms. The number of aryl methyl sites for hydroxylation is 1. The standard InChI is InChI=1S/C15H20F2N2O3S/c1-2-23(21,22)19-9-7-18(8-10-19)15(20)6-3-12-11-13(16)4-5-14(12)17/h4-5,11H,2-3,6-10H2,1H3. The minimum Gasteiger partial charge on any atom is -0.340 e. The van der Waals surface area contributed by atoms with Gasteiger partial charge in [-0.1, -0.05) is 0 Å². The fraction of sp³-hybridized carbons (Fsp3) is 0.533. The Morgan fingerprint density at radius 3 is 2.43 bits per heavy atom. The van der Waals surface area contributed by atoms with Crippen LogP contribution in [0.1, 0.15) is 18.9 Å². The summed E-state index contributed by atoms with van der Waals surface area (Å²) >= 11 is 0. The highest BCUT2D eigenvalue weighted by atomic mass is 32.2. The van der Waals surface area contributed by atoms with Crippen LogP contribution in [0.5, 0.6) is 0 Å². The molecule has 0 saturated carbocycles. The van der Waals surface area contributed by atoms with Gasteiger partial charge >= 0.3 is 0 Å². The second-order valence-corrected chi connectivity index (χ2v) is 7.67. The lowest BCUT2D eigenvalue weighted by molar-refractivity contribution is -0.132. The Bertz CT molecular complexity index is 671. The fourth-order valence-electron chi connectivity index (χ4n) is 2.53. The number of amides is 1. The van der Waals surface area contributed by atoms with E-state index in [1.807, 2.05) is 0 Å². The number of rotatable bonds is 5. The molecule has 8 heteroatoms. The van der Waals surface area contributed by atoms with Gasteiger partial charge in [0.25, 0.3) is 0 Å². The van der Waals surface area contributed by atoms with Crippen LogP contribution in [0.2, 0.25) is 0 Å². The van der Waals surface area contributed by atoms with Crippen LogP contribution in [0.25, 0.3) is 0 Å². The van der Waals surface area contributed by atoms with E-state index >= 15 is 0 Å². The summed E-state index contributed by atoms with van der Waals surface area (Å²) in [5, 5.41) is 0. The minimum atomic E-state index is -3.23. The van der Waals surface area contributed by atoms with Gasteiger partial charge < -0.3 is 4.90 Å². The van der Waals surface area contributed by atoms with Crippen LogP contribution in [0.15, 0.2) is 18.2 Å². The Morgan fingerprint density at radius 1 is 1.17 bits per heavy atom. The molecule has 1 saturated heterocycles. The number of nitrogens with zero attached hydrogens (tertiary/aromatic N) is 2. The zero-order chi connectivity index (χ0) is 17.0. The maximum Gasteiger partial charge on any atom is 0.222 e. The van der Waals surface area contributed by atoms with E-state index in [0.717, 1.165) is 18.2 Å². The van der Waals surface area contributed by atoms with Crippen LogP contribution in [-0.2, 0) is 21.2 Å². The topological polar surface area (TPSA) is 57.7 Å². The van der Waals surface area contributed by atoms with Gasteiger partial charge in [0, 0.05) is 32.6 Å². The Morgan fingerprint density at radius 2 is 1.83 bits per heavy atom. The van der Waals surface area contributed by atoms with Crippen LogP contribution in [0, 0.1) is 11.6 Å². The van der Waals surface area contributed by atoms with Gasteiger partial charge in [0.2, 0.25) is 15.9 Å². The zero-order valence-corrected chi connectivity index (χ0v) is 13.8. The van der Waals surface area contributed by atoms with E-state index < -0.39 is 21.7 Å². The second kappa shape index (κ2) is 7.35. The summed E-state index contributed by atoms with van der Waals surface area (Å²) in [5.41, 5.74) is 0.172. The van der Waals surface area contributed by atoms with Crippen LogP contribution < -0.4 is 0 Å². The summed E-state index contributed by atoms with van der Waals surface area (Å²) in [4.78, 5) is 13.7. The van der Waals surface area contributed by atoms with Crippen molar-refractivity contribution in [1.82, 2.24) is 9.21 Å². The number of halogens is 2. The normalized spacial score (nSPS) is 16.6. The monoisotopic (exact) mass is 346 g/mol. The molecule has 0 aromatic heterocycles. The number of benzene rings is 1. The molecule has 1 aromatic rings. The van der Waals surface area contributed by atoms with Crippen molar-refractivity contribution in [2.24, 2.45) is 0 Å². The first-order chi connectivity index (χ1) is 10.8. The predicted octanol–water partition coefficient (Wildman–Crippen LogP) is 1.39. The molecule has 0 aliphatic carbocycles. The van der Waals surface area contributed by atoms with E-state index in [9.17, 15) is 22.0 Å². The molecular formula is C15H20F2N2O3S. The molecule has 0 spiro atoms. The third kappa shape index (κ3) is 4.48. The lowest BCUT2D eigenvalue weighted by atomic mass is 10.1. The number of piperazine rings is 1. The molecule has 1 fully saturated rings. The Hall–Kier alpha value is -1.54. The van der Waals surface area contributed by atoms with Crippen molar-refractivity contribution in [3.63, 3.8) is 0 Å². The van der Waals surface area contributed by atoms with Crippen LogP contribution in [0.3, 0.4) is 0 Å². The zero-order valence-electron chi connectivity index (χ0n) is 13.0. The van der Waals surface area contributed by atoms with Crippen molar-refractivity contribution in [2.75, 3.05) is 31.9 Å². The van der Waals surface area contributed by atoms with Gasteiger partial charge in [-0.15, -0.1) is 0 Å². The largest absolute Gasteiger partial charge is 0.340 e. The molecule has 1 heterocycles. The summed E-state index contributed by atoms with van der Waals surface area (Å²) < 4.78 is 51.5. The average Bonchev–Trinajstić information content (AvgIpc) is 2.55. The van der Waals surface area contributed by atoms with Gasteiger partial charge in [0.1, 0.15) is 11.6 Å². The molecule has 1 amide bonds. The maximum absolute atomic E-state index is 13.5. The molecule has 5 nitrogen and oxygen atoms in total. The molecule has 0 N–H and O–H groups in total. The van der Waals surface area contributed by atoms with Gasteiger partial charge in [-0.05, 0) is 37.1 Å². The van der Waals surface area contributed by atoms with E-state index in [-0.39, 0.29) is 43.2 Å². The van der Waals surface area contributed by atoms with Gasteiger partial charge in [0.15, 0.2) is 0 Å². The van der Waals surface area contributed by atoms with Gasteiger partial charge in [-0.2, -0.15) is 4.31 Å². The third-order valence-corrected chi connectivity index (χ3v) is 5.85. The number of carbonyl (C=O) groups is 1. The second-order valence-electron chi connectivity index (χ2n) is 5.42. The van der Waals surface area contributed by atoms with Crippen molar-refractivity contribution in [3.8, 4) is 0 Å². The number of hydrogen-bond acceptors (Lipinski definition) is 3. The molecule has 0 radical (unpaired) electrons. The highest BCUT2D eigenvalue weighted by Gasteiger charge is 2.27. The van der Waals surface area contributed by atoms with Gasteiger partial charge in [-0.3, -0.25) is 4.79 Å². The Labute approximate surface area is 134 Å². The minimum absolute atomic E-state index is 0.0415. The molecule has 0 atom stereocenters. The van der Waals surface area contributed by atoms with Crippen molar-refractivity contribution in [1.29, 1.82) is 0 Å². The lowest BCUT2D eigenvalue weighted by Crippen LogP contribution is -2.50. The van der Waals surface area contributed by atoms with Crippen LogP contribution in [0.4, 0.5) is 8.78 Å².